The average Bonchev–Trinajstić information content (AvgIpc) is 2.62. The molecule has 1 heterocycles. The van der Waals surface area contributed by atoms with Crippen molar-refractivity contribution in [3.05, 3.63) is 46.6 Å². The Kier molecular flexibility index (Phi) is 7.62. The van der Waals surface area contributed by atoms with Crippen LogP contribution in [0, 0.1) is 13.8 Å². The molecule has 7 heteroatoms. The van der Waals surface area contributed by atoms with Crippen molar-refractivity contribution in [2.75, 3.05) is 46.2 Å². The van der Waals surface area contributed by atoms with Gasteiger partial charge in [-0.3, -0.25) is 4.79 Å². The van der Waals surface area contributed by atoms with E-state index in [9.17, 15) is 4.79 Å². The van der Waals surface area contributed by atoms with E-state index in [2.05, 4.69) is 29.4 Å². The first kappa shape index (κ1) is 21.2. The summed E-state index contributed by atoms with van der Waals surface area (Å²) in [6.45, 7) is 5.62. The van der Waals surface area contributed by atoms with Gasteiger partial charge >= 0.3 is 0 Å². The lowest BCUT2D eigenvalue weighted by atomic mass is 10.1. The van der Waals surface area contributed by atoms with Gasteiger partial charge < -0.3 is 15.1 Å². The Morgan fingerprint density at radius 2 is 1.96 bits per heavy atom. The highest BCUT2D eigenvalue weighted by Gasteiger charge is 2.11. The van der Waals surface area contributed by atoms with Crippen LogP contribution in [-0.4, -0.2) is 57.2 Å². The number of thioether (sulfide) groups is 1. The molecule has 0 unspecified atom stereocenters. The molecule has 0 radical (unpaired) electrons. The SMILES string of the molecule is Cc1nc(SCc2cccc(C(=O)NCC[NH+](C)C)c2)nc(N(C)C)c1C. The minimum Gasteiger partial charge on any atom is -0.362 e. The lowest BCUT2D eigenvalue weighted by Crippen LogP contribution is -3.06. The zero-order valence-corrected chi connectivity index (χ0v) is 17.9. The van der Waals surface area contributed by atoms with E-state index in [1.54, 1.807) is 11.8 Å². The second-order valence-electron chi connectivity index (χ2n) is 7.14. The molecule has 0 spiro atoms. The molecule has 146 valence electrons. The number of nitrogens with zero attached hydrogens (tertiary/aromatic N) is 3. The first-order valence-corrected chi connectivity index (χ1v) is 10.1. The number of hydrogen-bond acceptors (Lipinski definition) is 5. The van der Waals surface area contributed by atoms with E-state index < -0.39 is 0 Å². The number of benzene rings is 1. The fourth-order valence-corrected chi connectivity index (χ4v) is 3.39. The van der Waals surface area contributed by atoms with Gasteiger partial charge in [-0.1, -0.05) is 23.9 Å². The molecule has 0 saturated carbocycles. The topological polar surface area (TPSA) is 62.6 Å². The number of carbonyl (C=O) groups excluding carboxylic acids is 1. The number of rotatable bonds is 8. The minimum absolute atomic E-state index is 0.0274. The summed E-state index contributed by atoms with van der Waals surface area (Å²) in [5.41, 5.74) is 3.87. The number of aromatic nitrogens is 2. The molecule has 0 aliphatic rings. The van der Waals surface area contributed by atoms with Crippen LogP contribution in [-0.2, 0) is 5.75 Å². The summed E-state index contributed by atoms with van der Waals surface area (Å²) in [6.07, 6.45) is 0. The van der Waals surface area contributed by atoms with Gasteiger partial charge in [0.25, 0.3) is 5.91 Å². The molecule has 2 N–H and O–H groups in total. The molecular weight excluding hydrogens is 358 g/mol. The van der Waals surface area contributed by atoms with Crippen LogP contribution < -0.4 is 15.1 Å². The van der Waals surface area contributed by atoms with Gasteiger partial charge in [0.15, 0.2) is 5.16 Å². The second kappa shape index (κ2) is 9.71. The van der Waals surface area contributed by atoms with E-state index >= 15 is 0 Å². The van der Waals surface area contributed by atoms with Crippen LogP contribution in [0.25, 0.3) is 0 Å². The molecule has 0 fully saturated rings. The summed E-state index contributed by atoms with van der Waals surface area (Å²) < 4.78 is 0. The third kappa shape index (κ3) is 6.22. The third-order valence-corrected chi connectivity index (χ3v) is 5.15. The summed E-state index contributed by atoms with van der Waals surface area (Å²) in [7, 11) is 8.12. The van der Waals surface area contributed by atoms with Crippen LogP contribution in [0.3, 0.4) is 0 Å². The molecule has 0 bridgehead atoms. The molecule has 6 nitrogen and oxygen atoms in total. The Bertz CT molecular complexity index is 792. The van der Waals surface area contributed by atoms with Crippen LogP contribution in [0.15, 0.2) is 29.4 Å². The molecular formula is C20H30N5OS+. The van der Waals surface area contributed by atoms with Crippen molar-refractivity contribution < 1.29 is 9.69 Å². The monoisotopic (exact) mass is 388 g/mol. The highest BCUT2D eigenvalue weighted by Crippen LogP contribution is 2.25. The molecule has 0 aliphatic carbocycles. The average molecular weight is 389 g/mol. The van der Waals surface area contributed by atoms with Gasteiger partial charge in [0.2, 0.25) is 0 Å². The largest absolute Gasteiger partial charge is 0.362 e. The Hall–Kier alpha value is -2.12. The molecule has 0 saturated heterocycles. The van der Waals surface area contributed by atoms with Crippen molar-refractivity contribution in [2.45, 2.75) is 24.8 Å². The molecule has 1 aromatic heterocycles. The van der Waals surface area contributed by atoms with Crippen molar-refractivity contribution in [1.82, 2.24) is 15.3 Å². The van der Waals surface area contributed by atoms with E-state index in [-0.39, 0.29) is 5.91 Å². The quantitative estimate of drug-likeness (QED) is 0.528. The molecule has 0 aliphatic heterocycles. The van der Waals surface area contributed by atoms with E-state index in [4.69, 9.17) is 0 Å². The van der Waals surface area contributed by atoms with Crippen molar-refractivity contribution in [2.24, 2.45) is 0 Å². The normalized spacial score (nSPS) is 10.9. The Morgan fingerprint density at radius 1 is 1.22 bits per heavy atom. The number of amides is 1. The summed E-state index contributed by atoms with van der Waals surface area (Å²) in [4.78, 5) is 24.9. The first-order chi connectivity index (χ1) is 12.8. The molecule has 2 aromatic rings. The van der Waals surface area contributed by atoms with Crippen LogP contribution in [0.5, 0.6) is 0 Å². The highest BCUT2D eigenvalue weighted by molar-refractivity contribution is 7.98. The number of likely N-dealkylation sites (N-methyl/N-ethyl adjacent to an activating group) is 1. The predicted molar refractivity (Wildman–Crippen MR) is 112 cm³/mol. The lowest BCUT2D eigenvalue weighted by molar-refractivity contribution is -0.856. The van der Waals surface area contributed by atoms with Crippen LogP contribution >= 0.6 is 11.8 Å². The van der Waals surface area contributed by atoms with Gasteiger partial charge in [-0.15, -0.1) is 0 Å². The zero-order chi connectivity index (χ0) is 20.0. The zero-order valence-electron chi connectivity index (χ0n) is 17.1. The van der Waals surface area contributed by atoms with Crippen molar-refractivity contribution in [3.63, 3.8) is 0 Å². The lowest BCUT2D eigenvalue weighted by Gasteiger charge is -2.16. The molecule has 27 heavy (non-hydrogen) atoms. The van der Waals surface area contributed by atoms with Crippen molar-refractivity contribution >= 4 is 23.5 Å². The van der Waals surface area contributed by atoms with Gasteiger partial charge in [-0.2, -0.15) is 0 Å². The Labute approximate surface area is 166 Å². The fourth-order valence-electron chi connectivity index (χ4n) is 2.57. The van der Waals surface area contributed by atoms with Gasteiger partial charge in [-0.05, 0) is 31.5 Å². The third-order valence-electron chi connectivity index (χ3n) is 4.23. The van der Waals surface area contributed by atoms with Gasteiger partial charge in [0.05, 0.1) is 27.2 Å². The standard InChI is InChI=1S/C20H29N5OS/c1-14-15(2)22-20(23-18(14)25(5)6)27-13-16-8-7-9-17(12-16)19(26)21-10-11-24(3)4/h7-9,12H,10-11,13H2,1-6H3,(H,21,26)/p+1. The van der Waals surface area contributed by atoms with E-state index in [1.165, 1.54) is 4.90 Å². The van der Waals surface area contributed by atoms with Crippen LogP contribution in [0.4, 0.5) is 5.82 Å². The maximum absolute atomic E-state index is 12.3. The van der Waals surface area contributed by atoms with Gasteiger partial charge in [-0.25, -0.2) is 9.97 Å². The number of anilines is 1. The summed E-state index contributed by atoms with van der Waals surface area (Å²) >= 11 is 1.59. The van der Waals surface area contributed by atoms with E-state index in [0.29, 0.717) is 12.1 Å². The summed E-state index contributed by atoms with van der Waals surface area (Å²) in [5.74, 6) is 1.64. The maximum atomic E-state index is 12.3. The predicted octanol–water partition coefficient (Wildman–Crippen LogP) is 1.33. The Balaban J connectivity index is 2.03. The minimum atomic E-state index is -0.0274. The van der Waals surface area contributed by atoms with Crippen LogP contribution in [0.2, 0.25) is 0 Å². The van der Waals surface area contributed by atoms with Gasteiger partial charge in [0.1, 0.15) is 5.82 Å². The molecule has 1 amide bonds. The first-order valence-electron chi connectivity index (χ1n) is 9.09. The maximum Gasteiger partial charge on any atom is 0.251 e. The van der Waals surface area contributed by atoms with E-state index in [1.807, 2.05) is 57.1 Å². The summed E-state index contributed by atoms with van der Waals surface area (Å²) in [5, 5.41) is 3.72. The Morgan fingerprint density at radius 3 is 2.63 bits per heavy atom. The fraction of sp³-hybridized carbons (Fsp3) is 0.450. The number of aryl methyl sites for hydroxylation is 1. The number of nitrogens with one attached hydrogen (secondary N) is 2. The number of quaternary nitrogens is 1. The molecule has 2 rings (SSSR count). The molecule has 0 atom stereocenters. The van der Waals surface area contributed by atoms with Gasteiger partial charge in [0, 0.05) is 36.7 Å². The highest BCUT2D eigenvalue weighted by atomic mass is 32.2. The summed E-state index contributed by atoms with van der Waals surface area (Å²) in [6, 6.07) is 7.75. The second-order valence-corrected chi connectivity index (χ2v) is 8.08. The van der Waals surface area contributed by atoms with Crippen molar-refractivity contribution in [1.29, 1.82) is 0 Å². The van der Waals surface area contributed by atoms with E-state index in [0.717, 1.165) is 40.1 Å². The van der Waals surface area contributed by atoms with Crippen LogP contribution in [0.1, 0.15) is 27.2 Å². The van der Waals surface area contributed by atoms with Crippen molar-refractivity contribution in [3.8, 4) is 0 Å². The molecule has 1 aromatic carbocycles. The smallest absolute Gasteiger partial charge is 0.251 e. The number of carbonyl (C=O) groups is 1. The number of hydrogen-bond donors (Lipinski definition) is 2.